The molecule has 0 radical (unpaired) electrons. The highest BCUT2D eigenvalue weighted by Crippen LogP contribution is 2.21. The van der Waals surface area contributed by atoms with E-state index in [2.05, 4.69) is 40.4 Å². The molecule has 0 aliphatic carbocycles. The Morgan fingerprint density at radius 2 is 2.20 bits per heavy atom. The lowest BCUT2D eigenvalue weighted by Gasteiger charge is -2.16. The van der Waals surface area contributed by atoms with Gasteiger partial charge in [0.2, 0.25) is 5.88 Å². The number of methoxy groups -OCH3 is 1. The number of hydrogen-bond acceptors (Lipinski definition) is 5. The Bertz CT molecular complexity index is 540. The normalized spacial score (nSPS) is 12.3. The van der Waals surface area contributed by atoms with Crippen LogP contribution in [0.2, 0.25) is 0 Å². The fraction of sp³-hybridized carbons (Fsp3) is 0.500. The van der Waals surface area contributed by atoms with E-state index in [-0.39, 0.29) is 6.04 Å². The van der Waals surface area contributed by atoms with Crippen molar-refractivity contribution in [3.05, 3.63) is 36.0 Å². The summed E-state index contributed by atoms with van der Waals surface area (Å²) in [7, 11) is 1.60. The molecule has 0 saturated carbocycles. The van der Waals surface area contributed by atoms with Crippen molar-refractivity contribution >= 4 is 0 Å². The molecular formula is C14H21N5O. The van der Waals surface area contributed by atoms with Gasteiger partial charge in [0.25, 0.3) is 0 Å². The molecule has 0 bridgehead atoms. The quantitative estimate of drug-likeness (QED) is 0.834. The molecule has 6 heteroatoms. The first-order valence-electron chi connectivity index (χ1n) is 6.90. The lowest BCUT2D eigenvalue weighted by molar-refractivity contribution is 0.395. The number of ether oxygens (including phenoxy) is 1. The maximum absolute atomic E-state index is 5.16. The summed E-state index contributed by atoms with van der Waals surface area (Å²) in [5.74, 6) is 0.568. The molecule has 1 atom stereocenters. The van der Waals surface area contributed by atoms with Gasteiger partial charge in [-0.1, -0.05) is 13.8 Å². The molecule has 2 aromatic heterocycles. The van der Waals surface area contributed by atoms with Crippen molar-refractivity contribution in [1.29, 1.82) is 0 Å². The average Bonchev–Trinajstić information content (AvgIpc) is 2.93. The zero-order valence-corrected chi connectivity index (χ0v) is 12.2. The highest BCUT2D eigenvalue weighted by Gasteiger charge is 2.17. The molecule has 0 saturated heterocycles. The smallest absolute Gasteiger partial charge is 0.216 e. The Morgan fingerprint density at radius 3 is 2.90 bits per heavy atom. The molecule has 0 spiro atoms. The third kappa shape index (κ3) is 3.33. The van der Waals surface area contributed by atoms with Gasteiger partial charge in [-0.05, 0) is 13.0 Å². The van der Waals surface area contributed by atoms with E-state index in [1.165, 1.54) is 6.33 Å². The lowest BCUT2D eigenvalue weighted by Crippen LogP contribution is -2.22. The van der Waals surface area contributed by atoms with E-state index in [0.29, 0.717) is 5.88 Å². The van der Waals surface area contributed by atoms with Gasteiger partial charge in [-0.25, -0.2) is 9.97 Å². The van der Waals surface area contributed by atoms with Crippen molar-refractivity contribution in [2.45, 2.75) is 32.9 Å². The Morgan fingerprint density at radius 1 is 1.35 bits per heavy atom. The maximum atomic E-state index is 5.16. The zero-order chi connectivity index (χ0) is 14.4. The summed E-state index contributed by atoms with van der Waals surface area (Å²) in [6, 6.07) is 1.85. The summed E-state index contributed by atoms with van der Waals surface area (Å²) in [5.41, 5.74) is 1.98. The van der Waals surface area contributed by atoms with Gasteiger partial charge < -0.3 is 10.1 Å². The standard InChI is InChI=1S/C14H21N5O/c1-4-6-19-9-11(8-18-19)14(15-5-2)12-7-13(20-3)17-10-16-12/h7-10,14-15H,4-6H2,1-3H3. The first kappa shape index (κ1) is 14.5. The molecule has 2 aromatic rings. The summed E-state index contributed by atoms with van der Waals surface area (Å²) >= 11 is 0. The van der Waals surface area contributed by atoms with Gasteiger partial charge in [-0.2, -0.15) is 5.10 Å². The number of aromatic nitrogens is 4. The minimum atomic E-state index is 0.00232. The maximum Gasteiger partial charge on any atom is 0.216 e. The number of nitrogens with one attached hydrogen (secondary N) is 1. The number of rotatable bonds is 7. The molecule has 2 heterocycles. The molecule has 0 aromatic carbocycles. The molecule has 20 heavy (non-hydrogen) atoms. The van der Waals surface area contributed by atoms with Crippen LogP contribution in [-0.4, -0.2) is 33.4 Å². The van der Waals surface area contributed by atoms with Crippen LogP contribution in [0.5, 0.6) is 5.88 Å². The van der Waals surface area contributed by atoms with Gasteiger partial charge in [0.1, 0.15) is 6.33 Å². The highest BCUT2D eigenvalue weighted by molar-refractivity contribution is 5.26. The Kier molecular flexibility index (Phi) is 5.06. The minimum Gasteiger partial charge on any atom is -0.481 e. The van der Waals surface area contributed by atoms with Gasteiger partial charge in [0.15, 0.2) is 0 Å². The number of aryl methyl sites for hydroxylation is 1. The van der Waals surface area contributed by atoms with Crippen molar-refractivity contribution in [3.63, 3.8) is 0 Å². The SMILES string of the molecule is CCCn1cc(C(NCC)c2cc(OC)ncn2)cn1. The molecule has 6 nitrogen and oxygen atoms in total. The Hall–Kier alpha value is -1.95. The monoisotopic (exact) mass is 275 g/mol. The average molecular weight is 275 g/mol. The molecule has 2 rings (SSSR count). The van der Waals surface area contributed by atoms with Crippen LogP contribution in [0.3, 0.4) is 0 Å². The van der Waals surface area contributed by atoms with Crippen molar-refractivity contribution < 1.29 is 4.74 Å². The van der Waals surface area contributed by atoms with Gasteiger partial charge in [0.05, 0.1) is 25.0 Å². The predicted molar refractivity (Wildman–Crippen MR) is 76.6 cm³/mol. The molecule has 0 fully saturated rings. The van der Waals surface area contributed by atoms with Crippen LogP contribution in [0.25, 0.3) is 0 Å². The van der Waals surface area contributed by atoms with Crippen LogP contribution in [0.4, 0.5) is 0 Å². The fourth-order valence-corrected chi connectivity index (χ4v) is 2.10. The predicted octanol–water partition coefficient (Wildman–Crippen LogP) is 1.79. The van der Waals surface area contributed by atoms with Gasteiger partial charge >= 0.3 is 0 Å². The van der Waals surface area contributed by atoms with Gasteiger partial charge in [-0.15, -0.1) is 0 Å². The second kappa shape index (κ2) is 7.00. The van der Waals surface area contributed by atoms with E-state index in [4.69, 9.17) is 4.74 Å². The molecule has 0 aliphatic heterocycles. The van der Waals surface area contributed by atoms with Crippen LogP contribution in [0.15, 0.2) is 24.8 Å². The van der Waals surface area contributed by atoms with E-state index in [0.717, 1.165) is 30.8 Å². The molecule has 1 N–H and O–H groups in total. The molecule has 0 aliphatic rings. The number of nitrogens with zero attached hydrogens (tertiary/aromatic N) is 4. The van der Waals surface area contributed by atoms with Crippen LogP contribution in [-0.2, 0) is 6.54 Å². The Labute approximate surface area is 119 Å². The summed E-state index contributed by atoms with van der Waals surface area (Å²) < 4.78 is 7.12. The van der Waals surface area contributed by atoms with E-state index >= 15 is 0 Å². The van der Waals surface area contributed by atoms with Crippen molar-refractivity contribution in [2.24, 2.45) is 0 Å². The fourth-order valence-electron chi connectivity index (χ4n) is 2.10. The van der Waals surface area contributed by atoms with E-state index in [1.807, 2.05) is 16.9 Å². The van der Waals surface area contributed by atoms with Crippen LogP contribution >= 0.6 is 0 Å². The summed E-state index contributed by atoms with van der Waals surface area (Å²) in [5, 5.41) is 7.80. The summed E-state index contributed by atoms with van der Waals surface area (Å²) in [4.78, 5) is 8.39. The molecular weight excluding hydrogens is 254 g/mol. The molecule has 108 valence electrons. The molecule has 1 unspecified atom stereocenters. The van der Waals surface area contributed by atoms with Gasteiger partial charge in [0, 0.05) is 24.4 Å². The lowest BCUT2D eigenvalue weighted by atomic mass is 10.1. The highest BCUT2D eigenvalue weighted by atomic mass is 16.5. The first-order valence-corrected chi connectivity index (χ1v) is 6.90. The third-order valence-corrected chi connectivity index (χ3v) is 3.02. The zero-order valence-electron chi connectivity index (χ0n) is 12.2. The topological polar surface area (TPSA) is 64.9 Å². The first-order chi connectivity index (χ1) is 9.78. The summed E-state index contributed by atoms with van der Waals surface area (Å²) in [6.07, 6.45) is 6.53. The van der Waals surface area contributed by atoms with Crippen molar-refractivity contribution in [1.82, 2.24) is 25.1 Å². The third-order valence-electron chi connectivity index (χ3n) is 3.02. The van der Waals surface area contributed by atoms with E-state index in [9.17, 15) is 0 Å². The second-order valence-corrected chi connectivity index (χ2v) is 4.51. The minimum absolute atomic E-state index is 0.00232. The van der Waals surface area contributed by atoms with E-state index in [1.54, 1.807) is 7.11 Å². The van der Waals surface area contributed by atoms with Crippen LogP contribution in [0, 0.1) is 0 Å². The van der Waals surface area contributed by atoms with E-state index < -0.39 is 0 Å². The molecule has 0 amide bonds. The second-order valence-electron chi connectivity index (χ2n) is 4.51. The largest absolute Gasteiger partial charge is 0.481 e. The van der Waals surface area contributed by atoms with Gasteiger partial charge in [-0.3, -0.25) is 4.68 Å². The Balaban J connectivity index is 2.28. The summed E-state index contributed by atoms with van der Waals surface area (Å²) in [6.45, 7) is 5.97. The van der Waals surface area contributed by atoms with Crippen LogP contribution < -0.4 is 10.1 Å². The van der Waals surface area contributed by atoms with Crippen LogP contribution in [0.1, 0.15) is 37.6 Å². The number of hydrogen-bond donors (Lipinski definition) is 1. The van der Waals surface area contributed by atoms with Crippen molar-refractivity contribution in [3.8, 4) is 5.88 Å². The van der Waals surface area contributed by atoms with Crippen molar-refractivity contribution in [2.75, 3.05) is 13.7 Å².